The first-order chi connectivity index (χ1) is 12.1. The van der Waals surface area contributed by atoms with E-state index in [1.54, 1.807) is 0 Å². The van der Waals surface area contributed by atoms with Gasteiger partial charge in [0.1, 0.15) is 0 Å². The molecule has 3 atom stereocenters. The lowest BCUT2D eigenvalue weighted by molar-refractivity contribution is 0.0542. The van der Waals surface area contributed by atoms with E-state index in [2.05, 4.69) is 80.4 Å². The second-order valence-electron chi connectivity index (χ2n) is 7.77. The fraction of sp³-hybridized carbons (Fsp3) is 0.478. The Morgan fingerprint density at radius 1 is 1.04 bits per heavy atom. The normalized spacial score (nSPS) is 22.3. The molecule has 25 heavy (non-hydrogen) atoms. The number of hydrogen-bond donors (Lipinski definition) is 1. The molecule has 0 aliphatic carbocycles. The van der Waals surface area contributed by atoms with E-state index in [0.29, 0.717) is 6.04 Å². The molecule has 2 nitrogen and oxygen atoms in total. The molecule has 1 fully saturated rings. The Morgan fingerprint density at radius 2 is 1.68 bits per heavy atom. The summed E-state index contributed by atoms with van der Waals surface area (Å²) in [5.74, 6) is 0.169. The first kappa shape index (κ1) is 18.2. The second-order valence-corrected chi connectivity index (χ2v) is 7.77. The predicted octanol–water partition coefficient (Wildman–Crippen LogP) is 4.39. The summed E-state index contributed by atoms with van der Waals surface area (Å²) in [6.07, 6.45) is 3.68. The summed E-state index contributed by atoms with van der Waals surface area (Å²) < 4.78 is 0. The van der Waals surface area contributed by atoms with Crippen molar-refractivity contribution in [2.75, 3.05) is 20.2 Å². The molecule has 0 aromatic heterocycles. The molecular weight excluding hydrogens is 306 g/mol. The molecule has 0 spiro atoms. The fourth-order valence-electron chi connectivity index (χ4n) is 4.58. The number of aliphatic hydroxyl groups excluding tert-OH is 1. The van der Waals surface area contributed by atoms with Gasteiger partial charge >= 0.3 is 0 Å². The van der Waals surface area contributed by atoms with Crippen LogP contribution in [0.4, 0.5) is 0 Å². The van der Waals surface area contributed by atoms with Crippen LogP contribution in [-0.4, -0.2) is 36.2 Å². The lowest BCUT2D eigenvalue weighted by Gasteiger charge is -2.47. The number of aryl methyl sites for hydroxylation is 1. The zero-order valence-electron chi connectivity index (χ0n) is 15.8. The lowest BCUT2D eigenvalue weighted by atomic mass is 9.63. The van der Waals surface area contributed by atoms with Crippen LogP contribution in [0.2, 0.25) is 0 Å². The zero-order valence-corrected chi connectivity index (χ0v) is 15.8. The molecule has 1 heterocycles. The van der Waals surface area contributed by atoms with Gasteiger partial charge in [-0.05, 0) is 44.5 Å². The van der Waals surface area contributed by atoms with Crippen LogP contribution in [0.3, 0.4) is 0 Å². The molecule has 0 saturated carbocycles. The van der Waals surface area contributed by atoms with E-state index in [9.17, 15) is 5.11 Å². The maximum absolute atomic E-state index is 10.5. The van der Waals surface area contributed by atoms with Crippen molar-refractivity contribution >= 4 is 0 Å². The minimum atomic E-state index is -0.208. The smallest absolute Gasteiger partial charge is 0.0485 e. The third-order valence-corrected chi connectivity index (χ3v) is 6.25. The Hall–Kier alpha value is -1.64. The third kappa shape index (κ3) is 3.51. The van der Waals surface area contributed by atoms with Crippen LogP contribution in [0.15, 0.2) is 54.6 Å². The molecule has 2 heteroatoms. The maximum Gasteiger partial charge on any atom is 0.0485 e. The summed E-state index contributed by atoms with van der Waals surface area (Å²) in [4.78, 5) is 2.46. The van der Waals surface area contributed by atoms with Gasteiger partial charge in [-0.15, -0.1) is 0 Å². The minimum Gasteiger partial charge on any atom is -0.396 e. The molecule has 1 N–H and O–H groups in total. The van der Waals surface area contributed by atoms with Crippen LogP contribution >= 0.6 is 0 Å². The standard InChI is InChI=1S/C23H31NO/c1-18-12-14-20(15-13-18)23(2,19-9-5-4-6-10-19)21(17-25)22-11-7-8-16-24(22)3/h4-6,9-10,12-15,21-22,25H,7-8,11,16-17H2,1-3H3. The summed E-state index contributed by atoms with van der Waals surface area (Å²) in [5, 5.41) is 10.5. The van der Waals surface area contributed by atoms with E-state index in [1.807, 2.05) is 0 Å². The summed E-state index contributed by atoms with van der Waals surface area (Å²) in [7, 11) is 2.22. The van der Waals surface area contributed by atoms with Crippen molar-refractivity contribution in [2.24, 2.45) is 5.92 Å². The van der Waals surface area contributed by atoms with Crippen molar-refractivity contribution in [3.05, 3.63) is 71.3 Å². The zero-order chi connectivity index (χ0) is 17.9. The van der Waals surface area contributed by atoms with Gasteiger partial charge in [0.05, 0.1) is 0 Å². The first-order valence-electron chi connectivity index (χ1n) is 9.51. The van der Waals surface area contributed by atoms with Gasteiger partial charge in [-0.25, -0.2) is 0 Å². The van der Waals surface area contributed by atoms with Gasteiger partial charge in [-0.3, -0.25) is 0 Å². The summed E-state index contributed by atoms with van der Waals surface area (Å²) in [6.45, 7) is 5.77. The van der Waals surface area contributed by atoms with Crippen molar-refractivity contribution < 1.29 is 5.11 Å². The number of likely N-dealkylation sites (tertiary alicyclic amines) is 1. The number of piperidine rings is 1. The number of benzene rings is 2. The highest BCUT2D eigenvalue weighted by Crippen LogP contribution is 2.43. The number of aliphatic hydroxyl groups is 1. The van der Waals surface area contributed by atoms with Crippen molar-refractivity contribution in [2.45, 2.75) is 44.6 Å². The summed E-state index contributed by atoms with van der Waals surface area (Å²) in [6, 6.07) is 20.0. The Labute approximate surface area is 152 Å². The molecule has 0 amide bonds. The van der Waals surface area contributed by atoms with Crippen molar-refractivity contribution in [1.82, 2.24) is 4.90 Å². The third-order valence-electron chi connectivity index (χ3n) is 6.25. The van der Waals surface area contributed by atoms with Crippen molar-refractivity contribution in [3.63, 3.8) is 0 Å². The first-order valence-corrected chi connectivity index (χ1v) is 9.51. The monoisotopic (exact) mass is 337 g/mol. The average molecular weight is 338 g/mol. The van der Waals surface area contributed by atoms with Gasteiger partial charge < -0.3 is 10.0 Å². The Morgan fingerprint density at radius 3 is 2.28 bits per heavy atom. The molecule has 134 valence electrons. The van der Waals surface area contributed by atoms with Gasteiger partial charge in [0, 0.05) is 24.0 Å². The molecule has 0 radical (unpaired) electrons. The van der Waals surface area contributed by atoms with Gasteiger partial charge in [-0.2, -0.15) is 0 Å². The topological polar surface area (TPSA) is 23.5 Å². The Kier molecular flexibility index (Phi) is 5.61. The summed E-state index contributed by atoms with van der Waals surface area (Å²) in [5.41, 5.74) is 3.65. The maximum atomic E-state index is 10.5. The number of rotatable bonds is 5. The molecule has 3 rings (SSSR count). The van der Waals surface area contributed by atoms with E-state index in [0.717, 1.165) is 13.0 Å². The molecule has 3 unspecified atom stereocenters. The van der Waals surface area contributed by atoms with E-state index < -0.39 is 0 Å². The van der Waals surface area contributed by atoms with Crippen LogP contribution in [0.1, 0.15) is 42.9 Å². The highest BCUT2D eigenvalue weighted by molar-refractivity contribution is 5.41. The molecule has 1 saturated heterocycles. The minimum absolute atomic E-state index is 0.169. The van der Waals surface area contributed by atoms with Crippen LogP contribution in [-0.2, 0) is 5.41 Å². The lowest BCUT2D eigenvalue weighted by Crippen LogP contribution is -2.51. The van der Waals surface area contributed by atoms with Crippen LogP contribution < -0.4 is 0 Å². The Balaban J connectivity index is 2.10. The van der Waals surface area contributed by atoms with Gasteiger partial charge in [0.15, 0.2) is 0 Å². The number of nitrogens with zero attached hydrogens (tertiary/aromatic N) is 1. The number of hydrogen-bond acceptors (Lipinski definition) is 2. The van der Waals surface area contributed by atoms with Gasteiger partial charge in [-0.1, -0.05) is 73.5 Å². The van der Waals surface area contributed by atoms with Gasteiger partial charge in [0.25, 0.3) is 0 Å². The molecule has 1 aliphatic rings. The van der Waals surface area contributed by atoms with E-state index in [-0.39, 0.29) is 17.9 Å². The summed E-state index contributed by atoms with van der Waals surface area (Å²) >= 11 is 0. The molecule has 2 aromatic carbocycles. The average Bonchev–Trinajstić information content (AvgIpc) is 2.65. The van der Waals surface area contributed by atoms with Gasteiger partial charge in [0.2, 0.25) is 0 Å². The molecule has 2 aromatic rings. The fourth-order valence-corrected chi connectivity index (χ4v) is 4.58. The van der Waals surface area contributed by atoms with Crippen LogP contribution in [0.5, 0.6) is 0 Å². The van der Waals surface area contributed by atoms with Crippen LogP contribution in [0.25, 0.3) is 0 Å². The van der Waals surface area contributed by atoms with E-state index in [1.165, 1.54) is 29.5 Å². The van der Waals surface area contributed by atoms with E-state index in [4.69, 9.17) is 0 Å². The Bertz CT molecular complexity index is 666. The van der Waals surface area contributed by atoms with E-state index >= 15 is 0 Å². The highest BCUT2D eigenvalue weighted by Gasteiger charge is 2.43. The predicted molar refractivity (Wildman–Crippen MR) is 105 cm³/mol. The molecule has 1 aliphatic heterocycles. The van der Waals surface area contributed by atoms with Crippen LogP contribution in [0, 0.1) is 12.8 Å². The highest BCUT2D eigenvalue weighted by atomic mass is 16.3. The largest absolute Gasteiger partial charge is 0.396 e. The van der Waals surface area contributed by atoms with Crippen molar-refractivity contribution in [1.29, 1.82) is 0 Å². The van der Waals surface area contributed by atoms with Crippen molar-refractivity contribution in [3.8, 4) is 0 Å². The molecule has 0 bridgehead atoms. The molecular formula is C23H31NO. The quantitative estimate of drug-likeness (QED) is 0.874. The second kappa shape index (κ2) is 7.72. The SMILES string of the molecule is Cc1ccc(C(C)(c2ccccc2)C(CO)C2CCCCN2C)cc1.